The molecule has 0 radical (unpaired) electrons. The second kappa shape index (κ2) is 12.1. The molecule has 0 N–H and O–H groups in total. The average molecular weight is 289 g/mol. The van der Waals surface area contributed by atoms with Crippen LogP contribution in [0, 0.1) is 0 Å². The van der Waals surface area contributed by atoms with Gasteiger partial charge in [-0.3, -0.25) is 4.57 Å². The molecular weight excluding hydrogens is 267 g/mol. The molecule has 98 valence electrons. The summed E-state index contributed by atoms with van der Waals surface area (Å²) in [7, 11) is -4.02. The Morgan fingerprint density at radius 3 is 1.62 bits per heavy atom. The third-order valence-corrected chi connectivity index (χ3v) is 2.99. The summed E-state index contributed by atoms with van der Waals surface area (Å²) in [5.74, 6) is 0. The molecule has 0 aromatic rings. The summed E-state index contributed by atoms with van der Waals surface area (Å²) in [5.41, 5.74) is 0. The molecule has 0 rings (SSSR count). The maximum absolute atomic E-state index is 11.1. The first-order valence-electron chi connectivity index (χ1n) is 5.72. The minimum absolute atomic E-state index is 0. The van der Waals surface area contributed by atoms with Crippen molar-refractivity contribution in [3.05, 3.63) is 0 Å². The predicted octanol–water partition coefficient (Wildman–Crippen LogP) is 2.87. The predicted molar refractivity (Wildman–Crippen MR) is 58.6 cm³/mol. The van der Waals surface area contributed by atoms with E-state index in [1.807, 2.05) is 0 Å². The normalized spacial score (nSPS) is 11.2. The maximum Gasteiger partial charge on any atom is 0.267 e. The largest absolute Gasteiger partial charge is 0.756 e. The molecular formula is C10H22CrO4P-. The van der Waals surface area contributed by atoms with E-state index in [2.05, 4.69) is 22.9 Å². The summed E-state index contributed by atoms with van der Waals surface area (Å²) in [6, 6.07) is 0. The van der Waals surface area contributed by atoms with Crippen LogP contribution in [0.4, 0.5) is 0 Å². The second-order valence-electron chi connectivity index (χ2n) is 3.53. The van der Waals surface area contributed by atoms with Gasteiger partial charge in [0.2, 0.25) is 0 Å². The van der Waals surface area contributed by atoms with Crippen LogP contribution in [0.25, 0.3) is 0 Å². The van der Waals surface area contributed by atoms with Crippen LogP contribution in [0.2, 0.25) is 0 Å². The van der Waals surface area contributed by atoms with Gasteiger partial charge in [-0.05, 0) is 12.8 Å². The number of hydrogen-bond acceptors (Lipinski definition) is 4. The van der Waals surface area contributed by atoms with E-state index in [0.29, 0.717) is 0 Å². The summed E-state index contributed by atoms with van der Waals surface area (Å²) >= 11 is 0. The van der Waals surface area contributed by atoms with Crippen molar-refractivity contribution in [2.75, 3.05) is 13.2 Å². The quantitative estimate of drug-likeness (QED) is 0.458. The fraction of sp³-hybridized carbons (Fsp3) is 1.00. The number of unbranched alkanes of at least 4 members (excludes halogenated alkanes) is 4. The van der Waals surface area contributed by atoms with E-state index < -0.39 is 7.82 Å². The van der Waals surface area contributed by atoms with Crippen molar-refractivity contribution in [3.63, 3.8) is 0 Å². The molecule has 0 bridgehead atoms. The molecule has 0 atom stereocenters. The van der Waals surface area contributed by atoms with E-state index in [9.17, 15) is 9.46 Å². The Morgan fingerprint density at radius 1 is 0.938 bits per heavy atom. The minimum Gasteiger partial charge on any atom is -0.756 e. The van der Waals surface area contributed by atoms with Gasteiger partial charge in [-0.2, -0.15) is 0 Å². The van der Waals surface area contributed by atoms with Gasteiger partial charge in [0.05, 0.1) is 13.2 Å². The van der Waals surface area contributed by atoms with E-state index in [1.165, 1.54) is 0 Å². The summed E-state index contributed by atoms with van der Waals surface area (Å²) in [6.07, 6.45) is 5.58. The zero-order chi connectivity index (χ0) is 11.6. The van der Waals surface area contributed by atoms with E-state index in [1.54, 1.807) is 0 Å². The number of hydrogen-bond donors (Lipinski definition) is 0. The van der Waals surface area contributed by atoms with Crippen LogP contribution in [-0.2, 0) is 31.0 Å². The molecule has 0 saturated carbocycles. The van der Waals surface area contributed by atoms with E-state index in [4.69, 9.17) is 0 Å². The molecule has 0 spiro atoms. The van der Waals surface area contributed by atoms with Crippen molar-refractivity contribution < 1.29 is 35.9 Å². The van der Waals surface area contributed by atoms with Crippen LogP contribution in [0.15, 0.2) is 0 Å². The van der Waals surface area contributed by atoms with Gasteiger partial charge < -0.3 is 13.9 Å². The average Bonchev–Trinajstić information content (AvgIpc) is 2.20. The Bertz CT molecular complexity index is 174. The van der Waals surface area contributed by atoms with Crippen LogP contribution in [0.3, 0.4) is 0 Å². The Morgan fingerprint density at radius 2 is 1.31 bits per heavy atom. The number of phosphoric acid groups is 1. The first-order valence-corrected chi connectivity index (χ1v) is 7.18. The maximum atomic E-state index is 11.1. The third kappa shape index (κ3) is 12.7. The molecule has 4 nitrogen and oxygen atoms in total. The van der Waals surface area contributed by atoms with Crippen LogP contribution < -0.4 is 4.89 Å². The van der Waals surface area contributed by atoms with Gasteiger partial charge in [-0.25, -0.2) is 0 Å². The Labute approximate surface area is 109 Å². The molecule has 0 heterocycles. The first kappa shape index (κ1) is 19.0. The number of rotatable bonds is 10. The molecule has 0 aliphatic carbocycles. The summed E-state index contributed by atoms with van der Waals surface area (Å²) in [5, 5.41) is 0. The van der Waals surface area contributed by atoms with Crippen LogP contribution >= 0.6 is 7.82 Å². The molecule has 16 heavy (non-hydrogen) atoms. The van der Waals surface area contributed by atoms with Gasteiger partial charge in [0.15, 0.2) is 0 Å². The van der Waals surface area contributed by atoms with Crippen molar-refractivity contribution in [1.82, 2.24) is 0 Å². The molecule has 0 aliphatic rings. The fourth-order valence-electron chi connectivity index (χ4n) is 1.09. The van der Waals surface area contributed by atoms with E-state index >= 15 is 0 Å². The van der Waals surface area contributed by atoms with E-state index in [0.717, 1.165) is 38.5 Å². The van der Waals surface area contributed by atoms with Gasteiger partial charge in [0, 0.05) is 17.4 Å². The molecule has 0 amide bonds. The molecule has 6 heteroatoms. The summed E-state index contributed by atoms with van der Waals surface area (Å²) < 4.78 is 20.5. The summed E-state index contributed by atoms with van der Waals surface area (Å²) in [6.45, 7) is 4.58. The van der Waals surface area contributed by atoms with Crippen LogP contribution in [-0.4, -0.2) is 13.2 Å². The number of phosphoric ester groups is 1. The van der Waals surface area contributed by atoms with Crippen molar-refractivity contribution >= 4 is 7.82 Å². The zero-order valence-corrected chi connectivity index (χ0v) is 12.3. The minimum atomic E-state index is -4.02. The Kier molecular flexibility index (Phi) is 14.4. The summed E-state index contributed by atoms with van der Waals surface area (Å²) in [4.78, 5) is 11.1. The molecule has 0 unspecified atom stereocenters. The topological polar surface area (TPSA) is 58.6 Å². The van der Waals surface area contributed by atoms with Gasteiger partial charge in [0.1, 0.15) is 0 Å². The van der Waals surface area contributed by atoms with Crippen LogP contribution in [0.5, 0.6) is 0 Å². The smallest absolute Gasteiger partial charge is 0.267 e. The first-order chi connectivity index (χ1) is 7.12. The van der Waals surface area contributed by atoms with Crippen molar-refractivity contribution in [1.29, 1.82) is 0 Å². The van der Waals surface area contributed by atoms with Crippen LogP contribution in [0.1, 0.15) is 52.4 Å². The molecule has 0 fully saturated rings. The molecule has 0 aromatic heterocycles. The van der Waals surface area contributed by atoms with Gasteiger partial charge >= 0.3 is 0 Å². The third-order valence-electron chi connectivity index (χ3n) is 1.99. The zero-order valence-electron chi connectivity index (χ0n) is 10.1. The SMILES string of the molecule is CCCCCOP(=O)([O-])OCCCCC.[Cr]. The monoisotopic (exact) mass is 289 g/mol. The van der Waals surface area contributed by atoms with Crippen molar-refractivity contribution in [3.8, 4) is 0 Å². The van der Waals surface area contributed by atoms with Gasteiger partial charge in [0.25, 0.3) is 7.82 Å². The Balaban J connectivity index is 0. The van der Waals surface area contributed by atoms with Gasteiger partial charge in [-0.1, -0.05) is 39.5 Å². The molecule has 0 aromatic carbocycles. The molecule has 0 aliphatic heterocycles. The second-order valence-corrected chi connectivity index (χ2v) is 4.94. The Hall–Kier alpha value is 0.642. The van der Waals surface area contributed by atoms with Crippen molar-refractivity contribution in [2.24, 2.45) is 0 Å². The standard InChI is InChI=1S/C10H23O4P.Cr/c1-3-5-7-9-13-15(11,12)14-10-8-6-4-2;/h3-10H2,1-2H3,(H,11,12);/p-1. The van der Waals surface area contributed by atoms with Gasteiger partial charge in [-0.15, -0.1) is 0 Å². The fourth-order valence-corrected chi connectivity index (χ4v) is 1.87. The van der Waals surface area contributed by atoms with Crippen molar-refractivity contribution in [2.45, 2.75) is 52.4 Å². The molecule has 0 saturated heterocycles. The van der Waals surface area contributed by atoms with E-state index in [-0.39, 0.29) is 30.6 Å².